The Morgan fingerprint density at radius 3 is 2.84 bits per heavy atom. The van der Waals surface area contributed by atoms with E-state index in [-0.39, 0.29) is 28.6 Å². The van der Waals surface area contributed by atoms with E-state index < -0.39 is 15.7 Å². The smallest absolute Gasteiger partial charge is 0.174 e. The SMILES string of the molecule is O=S1(=O)C[C@@H]2NC(=S)N(c3ccc(Cl)c(F)c3)[C@H]2C1. The molecular weight excluding hydrogens is 311 g/mol. The van der Waals surface area contributed by atoms with Crippen molar-refractivity contribution in [1.29, 1.82) is 0 Å². The average molecular weight is 321 g/mol. The number of nitrogens with one attached hydrogen (secondary N) is 1. The summed E-state index contributed by atoms with van der Waals surface area (Å²) in [6.45, 7) is 0. The molecule has 0 aliphatic carbocycles. The van der Waals surface area contributed by atoms with Gasteiger partial charge in [-0.1, -0.05) is 11.6 Å². The number of benzene rings is 1. The third kappa shape index (κ3) is 2.19. The third-order valence-corrected chi connectivity index (χ3v) is 5.70. The Balaban J connectivity index is 1.99. The lowest BCUT2D eigenvalue weighted by atomic mass is 10.1. The predicted octanol–water partition coefficient (Wildman–Crippen LogP) is 1.34. The van der Waals surface area contributed by atoms with Gasteiger partial charge in [-0.05, 0) is 30.4 Å². The first-order valence-electron chi connectivity index (χ1n) is 5.62. The standard InChI is InChI=1S/C11H10ClFN2O2S2/c12-7-2-1-6(3-8(7)13)15-10-5-19(16,17)4-9(10)14-11(15)18/h1-3,9-10H,4-5H2,(H,14,18)/t9-,10-/m0/s1. The third-order valence-electron chi connectivity index (χ3n) is 3.36. The van der Waals surface area contributed by atoms with Crippen molar-refractivity contribution in [2.24, 2.45) is 0 Å². The summed E-state index contributed by atoms with van der Waals surface area (Å²) in [5, 5.41) is 3.43. The van der Waals surface area contributed by atoms with E-state index in [0.29, 0.717) is 10.8 Å². The summed E-state index contributed by atoms with van der Waals surface area (Å²) in [5.41, 5.74) is 0.518. The van der Waals surface area contributed by atoms with E-state index in [9.17, 15) is 12.8 Å². The molecular formula is C11H10ClFN2O2S2. The molecule has 1 aromatic carbocycles. The molecule has 0 bridgehead atoms. The van der Waals surface area contributed by atoms with Gasteiger partial charge in [0.25, 0.3) is 0 Å². The summed E-state index contributed by atoms with van der Waals surface area (Å²) in [5.74, 6) is -0.467. The molecule has 0 amide bonds. The summed E-state index contributed by atoms with van der Waals surface area (Å²) in [6, 6.07) is 3.83. The largest absolute Gasteiger partial charge is 0.356 e. The first kappa shape index (κ1) is 13.1. The molecule has 0 radical (unpaired) electrons. The van der Waals surface area contributed by atoms with Crippen LogP contribution in [0.15, 0.2) is 18.2 Å². The number of nitrogens with zero attached hydrogens (tertiary/aromatic N) is 1. The number of anilines is 1. The van der Waals surface area contributed by atoms with Crippen LogP contribution >= 0.6 is 23.8 Å². The molecule has 2 saturated heterocycles. The van der Waals surface area contributed by atoms with Gasteiger partial charge in [-0.2, -0.15) is 0 Å². The van der Waals surface area contributed by atoms with Crippen LogP contribution in [-0.2, 0) is 9.84 Å². The molecule has 2 fully saturated rings. The summed E-state index contributed by atoms with van der Waals surface area (Å²) >= 11 is 10.8. The van der Waals surface area contributed by atoms with Gasteiger partial charge in [0.05, 0.1) is 28.6 Å². The Kier molecular flexibility index (Phi) is 2.95. The van der Waals surface area contributed by atoms with Gasteiger partial charge in [-0.3, -0.25) is 0 Å². The van der Waals surface area contributed by atoms with Crippen molar-refractivity contribution in [2.45, 2.75) is 12.1 Å². The summed E-state index contributed by atoms with van der Waals surface area (Å²) in [4.78, 5) is 1.66. The molecule has 8 heteroatoms. The zero-order valence-electron chi connectivity index (χ0n) is 9.64. The van der Waals surface area contributed by atoms with E-state index in [4.69, 9.17) is 23.8 Å². The Morgan fingerprint density at radius 1 is 1.42 bits per heavy atom. The fraction of sp³-hybridized carbons (Fsp3) is 0.364. The number of sulfone groups is 1. The molecule has 0 spiro atoms. The monoisotopic (exact) mass is 320 g/mol. The molecule has 3 rings (SSSR count). The number of rotatable bonds is 1. The second-order valence-corrected chi connectivity index (χ2v) is 7.62. The van der Waals surface area contributed by atoms with Crippen molar-refractivity contribution in [2.75, 3.05) is 16.4 Å². The molecule has 0 aromatic heterocycles. The van der Waals surface area contributed by atoms with E-state index in [1.807, 2.05) is 0 Å². The molecule has 2 aliphatic heterocycles. The molecule has 2 atom stereocenters. The van der Waals surface area contributed by atoms with Gasteiger partial charge in [0.1, 0.15) is 5.82 Å². The van der Waals surface area contributed by atoms with Gasteiger partial charge in [-0.15, -0.1) is 0 Å². The lowest BCUT2D eigenvalue weighted by molar-refractivity contribution is 0.600. The van der Waals surface area contributed by atoms with Crippen molar-refractivity contribution in [3.05, 3.63) is 29.0 Å². The molecule has 1 N–H and O–H groups in total. The normalized spacial score (nSPS) is 28.3. The van der Waals surface area contributed by atoms with E-state index in [2.05, 4.69) is 5.32 Å². The van der Waals surface area contributed by atoms with Gasteiger partial charge in [0, 0.05) is 5.69 Å². The minimum absolute atomic E-state index is 0.0229. The predicted molar refractivity (Wildman–Crippen MR) is 75.9 cm³/mol. The van der Waals surface area contributed by atoms with Gasteiger partial charge >= 0.3 is 0 Å². The number of hydrogen-bond donors (Lipinski definition) is 1. The Labute approximate surface area is 120 Å². The fourth-order valence-corrected chi connectivity index (χ4v) is 4.94. The molecule has 2 aliphatic rings. The topological polar surface area (TPSA) is 49.4 Å². The number of hydrogen-bond acceptors (Lipinski definition) is 3. The van der Waals surface area contributed by atoms with Gasteiger partial charge in [0.2, 0.25) is 0 Å². The summed E-state index contributed by atoms with van der Waals surface area (Å²) in [7, 11) is -3.07. The van der Waals surface area contributed by atoms with E-state index >= 15 is 0 Å². The van der Waals surface area contributed by atoms with Gasteiger partial charge < -0.3 is 10.2 Å². The Morgan fingerprint density at radius 2 is 2.16 bits per heavy atom. The minimum atomic E-state index is -3.07. The molecule has 4 nitrogen and oxygen atoms in total. The van der Waals surface area contributed by atoms with E-state index in [1.54, 1.807) is 11.0 Å². The van der Waals surface area contributed by atoms with Crippen molar-refractivity contribution >= 4 is 44.5 Å². The zero-order valence-corrected chi connectivity index (χ0v) is 12.0. The van der Waals surface area contributed by atoms with Crippen molar-refractivity contribution in [1.82, 2.24) is 5.32 Å². The molecule has 19 heavy (non-hydrogen) atoms. The maximum atomic E-state index is 13.5. The molecule has 0 saturated carbocycles. The average Bonchev–Trinajstić information content (AvgIpc) is 2.73. The van der Waals surface area contributed by atoms with Crippen LogP contribution in [0.4, 0.5) is 10.1 Å². The van der Waals surface area contributed by atoms with Crippen molar-refractivity contribution in [3.63, 3.8) is 0 Å². The number of fused-ring (bicyclic) bond motifs is 1. The number of thiocarbonyl (C=S) groups is 1. The summed E-state index contributed by atoms with van der Waals surface area (Å²) < 4.78 is 36.8. The molecule has 2 heterocycles. The van der Waals surface area contributed by atoms with E-state index in [1.165, 1.54) is 12.1 Å². The molecule has 0 unspecified atom stereocenters. The molecule has 1 aromatic rings. The highest BCUT2D eigenvalue weighted by atomic mass is 35.5. The first-order chi connectivity index (χ1) is 8.87. The maximum absolute atomic E-state index is 13.5. The lowest BCUT2D eigenvalue weighted by Crippen LogP contribution is -2.36. The molecule has 102 valence electrons. The second kappa shape index (κ2) is 4.29. The maximum Gasteiger partial charge on any atom is 0.174 e. The first-order valence-corrected chi connectivity index (χ1v) is 8.23. The van der Waals surface area contributed by atoms with Crippen LogP contribution in [0.1, 0.15) is 0 Å². The van der Waals surface area contributed by atoms with Gasteiger partial charge in [-0.25, -0.2) is 12.8 Å². The van der Waals surface area contributed by atoms with Crippen molar-refractivity contribution in [3.8, 4) is 0 Å². The summed E-state index contributed by atoms with van der Waals surface area (Å²) in [6.07, 6.45) is 0. The minimum Gasteiger partial charge on any atom is -0.356 e. The highest BCUT2D eigenvalue weighted by Gasteiger charge is 2.47. The van der Waals surface area contributed by atoms with Crippen LogP contribution < -0.4 is 10.2 Å². The second-order valence-electron chi connectivity index (χ2n) is 4.67. The van der Waals surface area contributed by atoms with Crippen LogP contribution in [0, 0.1) is 5.82 Å². The van der Waals surface area contributed by atoms with Crippen LogP contribution in [-0.4, -0.2) is 37.1 Å². The van der Waals surface area contributed by atoms with Gasteiger partial charge in [0.15, 0.2) is 14.9 Å². The fourth-order valence-electron chi connectivity index (χ4n) is 2.54. The lowest BCUT2D eigenvalue weighted by Gasteiger charge is -2.23. The Hall–Kier alpha value is -0.920. The van der Waals surface area contributed by atoms with Crippen LogP contribution in [0.3, 0.4) is 0 Å². The quantitative estimate of drug-likeness (QED) is 0.791. The van der Waals surface area contributed by atoms with Crippen LogP contribution in [0.5, 0.6) is 0 Å². The highest BCUT2D eigenvalue weighted by Crippen LogP contribution is 2.31. The van der Waals surface area contributed by atoms with Crippen LogP contribution in [0.2, 0.25) is 5.02 Å². The van der Waals surface area contributed by atoms with Crippen molar-refractivity contribution < 1.29 is 12.8 Å². The Bertz CT molecular complexity index is 665. The van der Waals surface area contributed by atoms with E-state index in [0.717, 1.165) is 0 Å². The highest BCUT2D eigenvalue weighted by molar-refractivity contribution is 7.91. The zero-order chi connectivity index (χ0) is 13.8. The van der Waals surface area contributed by atoms with Crippen LogP contribution in [0.25, 0.3) is 0 Å². The number of halogens is 2.